The highest BCUT2D eigenvalue weighted by Crippen LogP contribution is 2.32. The fourth-order valence-corrected chi connectivity index (χ4v) is 4.03. The summed E-state index contributed by atoms with van der Waals surface area (Å²) in [4.78, 5) is 31.8. The van der Waals surface area contributed by atoms with Gasteiger partial charge in [-0.1, -0.05) is 18.2 Å². The van der Waals surface area contributed by atoms with Gasteiger partial charge in [0.2, 0.25) is 5.91 Å². The number of halogens is 4. The highest BCUT2D eigenvalue weighted by atomic mass is 19.4. The maximum atomic E-state index is 14.0. The third kappa shape index (κ3) is 6.93. The van der Waals surface area contributed by atoms with Crippen molar-refractivity contribution in [2.24, 2.45) is 0 Å². The molecule has 1 N–H and O–H groups in total. The second-order valence-electron chi connectivity index (χ2n) is 8.70. The molecule has 11 heteroatoms. The third-order valence-electron chi connectivity index (χ3n) is 6.10. The number of carbonyl (C=O) groups is 2. The van der Waals surface area contributed by atoms with Gasteiger partial charge in [0.25, 0.3) is 0 Å². The summed E-state index contributed by atoms with van der Waals surface area (Å²) in [6.45, 7) is 3.53. The van der Waals surface area contributed by atoms with Crippen molar-refractivity contribution < 1.29 is 36.6 Å². The van der Waals surface area contributed by atoms with Gasteiger partial charge >= 0.3 is 6.36 Å². The molecule has 1 aliphatic heterocycles. The first-order valence-corrected chi connectivity index (χ1v) is 11.9. The molecule has 0 radical (unpaired) electrons. The summed E-state index contributed by atoms with van der Waals surface area (Å²) < 4.78 is 62.3. The molecule has 0 spiro atoms. The van der Waals surface area contributed by atoms with Gasteiger partial charge in [-0.3, -0.25) is 19.5 Å². The quantitative estimate of drug-likeness (QED) is 0.330. The zero-order valence-electron chi connectivity index (χ0n) is 20.4. The molecule has 200 valence electrons. The Morgan fingerprint density at radius 2 is 1.84 bits per heavy atom. The zero-order valence-corrected chi connectivity index (χ0v) is 20.4. The van der Waals surface area contributed by atoms with E-state index in [2.05, 4.69) is 15.0 Å². The van der Waals surface area contributed by atoms with Gasteiger partial charge in [-0.25, -0.2) is 4.39 Å². The second kappa shape index (κ2) is 11.7. The number of pyridine rings is 1. The molecule has 2 aromatic carbocycles. The van der Waals surface area contributed by atoms with Gasteiger partial charge in [0, 0.05) is 36.8 Å². The number of ether oxygens (including phenoxy) is 2. The van der Waals surface area contributed by atoms with Gasteiger partial charge < -0.3 is 14.8 Å². The molecule has 3 aromatic rings. The Hall–Kier alpha value is -3.83. The summed E-state index contributed by atoms with van der Waals surface area (Å²) in [6, 6.07) is 12.1. The first kappa shape index (κ1) is 27.2. The molecule has 1 fully saturated rings. The number of morpholine rings is 1. The monoisotopic (exact) mass is 531 g/mol. The molecule has 4 rings (SSSR count). The standard InChI is InChI=1S/C27H25F4N3O4/c1-17(34-10-12-37-13-11-34)26(36)33-23-15-19(7-9-25(23)38-27(29,30)31)24(35)14-18-6-8-22(32-16-18)20-4-2-3-5-21(20)28/h2-9,15-17H,10-14H2,1H3,(H,33,36). The molecule has 1 amide bonds. The van der Waals surface area contributed by atoms with Crippen molar-refractivity contribution in [2.75, 3.05) is 31.6 Å². The van der Waals surface area contributed by atoms with Gasteiger partial charge in [0.1, 0.15) is 5.82 Å². The van der Waals surface area contributed by atoms with Crippen molar-refractivity contribution in [1.82, 2.24) is 9.88 Å². The molecule has 0 aliphatic carbocycles. The number of nitrogens with one attached hydrogen (secondary N) is 1. The van der Waals surface area contributed by atoms with E-state index in [0.29, 0.717) is 43.1 Å². The van der Waals surface area contributed by atoms with Crippen LogP contribution in [0.5, 0.6) is 5.75 Å². The number of hydrogen-bond donors (Lipinski definition) is 1. The fraction of sp³-hybridized carbons (Fsp3) is 0.296. The van der Waals surface area contributed by atoms with E-state index in [1.54, 1.807) is 37.3 Å². The van der Waals surface area contributed by atoms with E-state index in [1.165, 1.54) is 18.3 Å². The number of benzene rings is 2. The number of hydrogen-bond acceptors (Lipinski definition) is 6. The van der Waals surface area contributed by atoms with Crippen molar-refractivity contribution >= 4 is 17.4 Å². The van der Waals surface area contributed by atoms with Crippen LogP contribution in [0.2, 0.25) is 0 Å². The van der Waals surface area contributed by atoms with E-state index in [-0.39, 0.29) is 17.7 Å². The lowest BCUT2D eigenvalue weighted by Gasteiger charge is -2.31. The summed E-state index contributed by atoms with van der Waals surface area (Å²) in [5.74, 6) is -2.02. The average Bonchev–Trinajstić information content (AvgIpc) is 2.89. The maximum Gasteiger partial charge on any atom is 0.573 e. The number of amides is 1. The highest BCUT2D eigenvalue weighted by molar-refractivity contribution is 6.01. The lowest BCUT2D eigenvalue weighted by atomic mass is 10.0. The number of carbonyl (C=O) groups excluding carboxylic acids is 2. The van der Waals surface area contributed by atoms with Crippen molar-refractivity contribution in [1.29, 1.82) is 0 Å². The minimum atomic E-state index is -4.99. The van der Waals surface area contributed by atoms with Crippen LogP contribution in [0.25, 0.3) is 11.3 Å². The Morgan fingerprint density at radius 1 is 1.11 bits per heavy atom. The smallest absolute Gasteiger partial charge is 0.404 e. The van der Waals surface area contributed by atoms with Gasteiger partial charge in [0.15, 0.2) is 11.5 Å². The first-order valence-electron chi connectivity index (χ1n) is 11.9. The van der Waals surface area contributed by atoms with Gasteiger partial charge in [-0.2, -0.15) is 0 Å². The largest absolute Gasteiger partial charge is 0.573 e. The van der Waals surface area contributed by atoms with Crippen LogP contribution < -0.4 is 10.1 Å². The zero-order chi connectivity index (χ0) is 27.3. The molecule has 38 heavy (non-hydrogen) atoms. The average molecular weight is 532 g/mol. The fourth-order valence-electron chi connectivity index (χ4n) is 4.03. The molecule has 2 heterocycles. The van der Waals surface area contributed by atoms with E-state index in [4.69, 9.17) is 4.74 Å². The normalized spacial score (nSPS) is 15.1. The molecule has 0 bridgehead atoms. The SMILES string of the molecule is CC(C(=O)Nc1cc(C(=O)Cc2ccc(-c3ccccc3F)nc2)ccc1OC(F)(F)F)N1CCOCC1. The molecular weight excluding hydrogens is 506 g/mol. The van der Waals surface area contributed by atoms with Crippen molar-refractivity contribution in [3.05, 3.63) is 77.7 Å². The van der Waals surface area contributed by atoms with Gasteiger partial charge in [-0.15, -0.1) is 13.2 Å². The van der Waals surface area contributed by atoms with Crippen LogP contribution in [0.15, 0.2) is 60.8 Å². The number of alkyl halides is 3. The van der Waals surface area contributed by atoms with Gasteiger partial charge in [-0.05, 0) is 48.9 Å². The van der Waals surface area contributed by atoms with Crippen molar-refractivity contribution in [3.8, 4) is 17.0 Å². The predicted molar refractivity (Wildman–Crippen MR) is 131 cm³/mol. The number of Topliss-reactive ketones (excluding diaryl/α,β-unsaturated/α-hetero) is 1. The molecule has 0 saturated carbocycles. The molecule has 1 saturated heterocycles. The number of ketones is 1. The molecule has 7 nitrogen and oxygen atoms in total. The highest BCUT2D eigenvalue weighted by Gasteiger charge is 2.33. The summed E-state index contributed by atoms with van der Waals surface area (Å²) in [6.07, 6.45) is -3.67. The predicted octanol–water partition coefficient (Wildman–Crippen LogP) is 4.87. The van der Waals surface area contributed by atoms with Crippen LogP contribution >= 0.6 is 0 Å². The number of nitrogens with zero attached hydrogens (tertiary/aromatic N) is 2. The van der Waals surface area contributed by atoms with Crippen LogP contribution in [0.1, 0.15) is 22.8 Å². The Morgan fingerprint density at radius 3 is 2.50 bits per heavy atom. The minimum absolute atomic E-state index is 0.0760. The van der Waals surface area contributed by atoms with E-state index in [9.17, 15) is 27.2 Å². The topological polar surface area (TPSA) is 80.8 Å². The molecule has 1 aliphatic rings. The Labute approximate surface area is 216 Å². The van der Waals surface area contributed by atoms with Crippen molar-refractivity contribution in [2.45, 2.75) is 25.7 Å². The summed E-state index contributed by atoms with van der Waals surface area (Å²) in [5.41, 5.74) is 1.04. The number of rotatable bonds is 8. The summed E-state index contributed by atoms with van der Waals surface area (Å²) >= 11 is 0. The number of anilines is 1. The molecular formula is C27H25F4N3O4. The van der Waals surface area contributed by atoms with Crippen LogP contribution in [0.4, 0.5) is 23.2 Å². The van der Waals surface area contributed by atoms with Crippen LogP contribution in [-0.2, 0) is 16.0 Å². The summed E-state index contributed by atoms with van der Waals surface area (Å²) in [7, 11) is 0. The van der Waals surface area contributed by atoms with Crippen LogP contribution in [0, 0.1) is 5.82 Å². The lowest BCUT2D eigenvalue weighted by molar-refractivity contribution is -0.274. The van der Waals surface area contributed by atoms with E-state index < -0.39 is 35.7 Å². The van der Waals surface area contributed by atoms with Crippen molar-refractivity contribution in [3.63, 3.8) is 0 Å². The van der Waals surface area contributed by atoms with Crippen LogP contribution in [0.3, 0.4) is 0 Å². The Bertz CT molecular complexity index is 1290. The lowest BCUT2D eigenvalue weighted by Crippen LogP contribution is -2.47. The third-order valence-corrected chi connectivity index (χ3v) is 6.10. The maximum absolute atomic E-state index is 14.0. The molecule has 1 atom stereocenters. The number of aromatic nitrogens is 1. The van der Waals surface area contributed by atoms with Crippen LogP contribution in [-0.4, -0.2) is 60.3 Å². The van der Waals surface area contributed by atoms with Gasteiger partial charge in [0.05, 0.1) is 30.6 Å². The summed E-state index contributed by atoms with van der Waals surface area (Å²) in [5, 5.41) is 2.47. The molecule has 1 aromatic heterocycles. The van der Waals surface area contributed by atoms with E-state index in [0.717, 1.165) is 12.1 Å². The van der Waals surface area contributed by atoms with E-state index in [1.807, 2.05) is 4.90 Å². The Balaban J connectivity index is 1.51. The first-order chi connectivity index (χ1) is 18.1. The Kier molecular flexibility index (Phi) is 8.38. The van der Waals surface area contributed by atoms with E-state index >= 15 is 0 Å². The second-order valence-corrected chi connectivity index (χ2v) is 8.70. The molecule has 1 unspecified atom stereocenters. The minimum Gasteiger partial charge on any atom is -0.404 e.